The molecular formula is C19H20N2. The SMILES string of the molecule is CCN(Cc1ccccc1)Cc1ccc2ccccc2n1. The van der Waals surface area contributed by atoms with E-state index in [0.29, 0.717) is 0 Å². The third kappa shape index (κ3) is 3.47. The molecule has 0 N–H and O–H groups in total. The molecule has 0 saturated heterocycles. The average Bonchev–Trinajstić information content (AvgIpc) is 2.55. The predicted molar refractivity (Wildman–Crippen MR) is 88.0 cm³/mol. The van der Waals surface area contributed by atoms with E-state index < -0.39 is 0 Å². The molecule has 0 aliphatic heterocycles. The summed E-state index contributed by atoms with van der Waals surface area (Å²) in [7, 11) is 0. The monoisotopic (exact) mass is 276 g/mol. The lowest BCUT2D eigenvalue weighted by Crippen LogP contribution is -2.22. The highest BCUT2D eigenvalue weighted by molar-refractivity contribution is 5.78. The van der Waals surface area contributed by atoms with E-state index in [1.54, 1.807) is 0 Å². The molecular weight excluding hydrogens is 256 g/mol. The van der Waals surface area contributed by atoms with Crippen LogP contribution in [-0.4, -0.2) is 16.4 Å². The molecule has 0 saturated carbocycles. The second-order valence-electron chi connectivity index (χ2n) is 5.28. The highest BCUT2D eigenvalue weighted by Crippen LogP contribution is 2.14. The van der Waals surface area contributed by atoms with Crippen LogP contribution in [0.25, 0.3) is 10.9 Å². The lowest BCUT2D eigenvalue weighted by molar-refractivity contribution is 0.268. The van der Waals surface area contributed by atoms with Crippen molar-refractivity contribution in [2.24, 2.45) is 0 Å². The molecule has 0 aliphatic rings. The summed E-state index contributed by atoms with van der Waals surface area (Å²) in [5.41, 5.74) is 3.55. The molecule has 21 heavy (non-hydrogen) atoms. The molecule has 1 aromatic heterocycles. The fourth-order valence-electron chi connectivity index (χ4n) is 2.55. The number of benzene rings is 2. The van der Waals surface area contributed by atoms with Gasteiger partial charge in [0, 0.05) is 18.5 Å². The van der Waals surface area contributed by atoms with Crippen molar-refractivity contribution in [3.8, 4) is 0 Å². The Kier molecular flexibility index (Phi) is 4.27. The van der Waals surface area contributed by atoms with Gasteiger partial charge in [-0.15, -0.1) is 0 Å². The zero-order valence-electron chi connectivity index (χ0n) is 12.4. The first kappa shape index (κ1) is 13.8. The van der Waals surface area contributed by atoms with Crippen LogP contribution in [-0.2, 0) is 13.1 Å². The van der Waals surface area contributed by atoms with E-state index in [1.807, 2.05) is 6.07 Å². The minimum Gasteiger partial charge on any atom is -0.294 e. The van der Waals surface area contributed by atoms with Crippen LogP contribution < -0.4 is 0 Å². The molecule has 0 fully saturated rings. The van der Waals surface area contributed by atoms with Gasteiger partial charge in [0.05, 0.1) is 11.2 Å². The third-order valence-corrected chi connectivity index (χ3v) is 3.74. The Balaban J connectivity index is 1.76. The highest BCUT2D eigenvalue weighted by Gasteiger charge is 2.06. The van der Waals surface area contributed by atoms with Crippen molar-refractivity contribution in [1.29, 1.82) is 0 Å². The van der Waals surface area contributed by atoms with Crippen molar-refractivity contribution in [2.45, 2.75) is 20.0 Å². The number of nitrogens with zero attached hydrogens (tertiary/aromatic N) is 2. The molecule has 2 heteroatoms. The summed E-state index contributed by atoms with van der Waals surface area (Å²) in [5.74, 6) is 0. The lowest BCUT2D eigenvalue weighted by atomic mass is 10.2. The summed E-state index contributed by atoms with van der Waals surface area (Å²) in [6.07, 6.45) is 0. The topological polar surface area (TPSA) is 16.1 Å². The first-order chi connectivity index (χ1) is 10.3. The summed E-state index contributed by atoms with van der Waals surface area (Å²) < 4.78 is 0. The Labute approximate surface area is 126 Å². The average molecular weight is 276 g/mol. The van der Waals surface area contributed by atoms with Crippen molar-refractivity contribution < 1.29 is 0 Å². The van der Waals surface area contributed by atoms with Gasteiger partial charge >= 0.3 is 0 Å². The molecule has 106 valence electrons. The van der Waals surface area contributed by atoms with E-state index in [2.05, 4.69) is 72.5 Å². The van der Waals surface area contributed by atoms with E-state index >= 15 is 0 Å². The molecule has 3 aromatic rings. The van der Waals surface area contributed by atoms with Gasteiger partial charge in [-0.2, -0.15) is 0 Å². The number of para-hydroxylation sites is 1. The van der Waals surface area contributed by atoms with Gasteiger partial charge in [-0.05, 0) is 24.2 Å². The fraction of sp³-hybridized carbons (Fsp3) is 0.211. The fourth-order valence-corrected chi connectivity index (χ4v) is 2.55. The van der Waals surface area contributed by atoms with Crippen LogP contribution in [0.2, 0.25) is 0 Å². The summed E-state index contributed by atoms with van der Waals surface area (Å²) in [6.45, 7) is 5.06. The Morgan fingerprint density at radius 3 is 2.38 bits per heavy atom. The minimum absolute atomic E-state index is 0.885. The zero-order chi connectivity index (χ0) is 14.5. The number of fused-ring (bicyclic) bond motifs is 1. The maximum Gasteiger partial charge on any atom is 0.0705 e. The number of hydrogen-bond donors (Lipinski definition) is 0. The molecule has 0 amide bonds. The van der Waals surface area contributed by atoms with Crippen LogP contribution in [0.4, 0.5) is 0 Å². The molecule has 0 bridgehead atoms. The van der Waals surface area contributed by atoms with Gasteiger partial charge < -0.3 is 0 Å². The second-order valence-corrected chi connectivity index (χ2v) is 5.28. The molecule has 0 spiro atoms. The van der Waals surface area contributed by atoms with Crippen LogP contribution in [0.5, 0.6) is 0 Å². The Morgan fingerprint density at radius 2 is 1.57 bits per heavy atom. The zero-order valence-corrected chi connectivity index (χ0v) is 12.4. The van der Waals surface area contributed by atoms with Crippen molar-refractivity contribution in [3.63, 3.8) is 0 Å². The van der Waals surface area contributed by atoms with E-state index in [-0.39, 0.29) is 0 Å². The van der Waals surface area contributed by atoms with E-state index in [4.69, 9.17) is 4.98 Å². The second kappa shape index (κ2) is 6.51. The third-order valence-electron chi connectivity index (χ3n) is 3.74. The molecule has 0 atom stereocenters. The summed E-state index contributed by atoms with van der Waals surface area (Å²) in [4.78, 5) is 7.17. The van der Waals surface area contributed by atoms with Gasteiger partial charge in [0.1, 0.15) is 0 Å². The molecule has 1 heterocycles. The largest absolute Gasteiger partial charge is 0.294 e. The van der Waals surface area contributed by atoms with E-state index in [0.717, 1.165) is 30.8 Å². The first-order valence-electron chi connectivity index (χ1n) is 7.46. The van der Waals surface area contributed by atoms with Crippen molar-refractivity contribution in [2.75, 3.05) is 6.54 Å². The van der Waals surface area contributed by atoms with Crippen molar-refractivity contribution >= 4 is 10.9 Å². The van der Waals surface area contributed by atoms with Crippen LogP contribution in [0.15, 0.2) is 66.7 Å². The number of aromatic nitrogens is 1. The first-order valence-corrected chi connectivity index (χ1v) is 7.46. The molecule has 3 rings (SSSR count). The normalized spacial score (nSPS) is 11.1. The summed E-state index contributed by atoms with van der Waals surface area (Å²) in [5, 5.41) is 1.20. The lowest BCUT2D eigenvalue weighted by Gasteiger charge is -2.20. The van der Waals surface area contributed by atoms with Gasteiger partial charge in [-0.25, -0.2) is 0 Å². The molecule has 2 nitrogen and oxygen atoms in total. The highest BCUT2D eigenvalue weighted by atomic mass is 15.1. The van der Waals surface area contributed by atoms with Gasteiger partial charge in [0.2, 0.25) is 0 Å². The quantitative estimate of drug-likeness (QED) is 0.692. The Bertz CT molecular complexity index is 707. The van der Waals surface area contributed by atoms with E-state index in [9.17, 15) is 0 Å². The van der Waals surface area contributed by atoms with Gasteiger partial charge in [-0.3, -0.25) is 9.88 Å². The van der Waals surface area contributed by atoms with Crippen LogP contribution in [0.3, 0.4) is 0 Å². The van der Waals surface area contributed by atoms with Gasteiger partial charge in [-0.1, -0.05) is 61.5 Å². The number of hydrogen-bond acceptors (Lipinski definition) is 2. The number of rotatable bonds is 5. The van der Waals surface area contributed by atoms with Gasteiger partial charge in [0.15, 0.2) is 0 Å². The molecule has 0 unspecified atom stereocenters. The Hall–Kier alpha value is -2.19. The maximum atomic E-state index is 4.76. The van der Waals surface area contributed by atoms with Crippen molar-refractivity contribution in [1.82, 2.24) is 9.88 Å². The molecule has 0 aliphatic carbocycles. The smallest absolute Gasteiger partial charge is 0.0705 e. The van der Waals surface area contributed by atoms with Crippen LogP contribution in [0.1, 0.15) is 18.2 Å². The number of pyridine rings is 1. The molecule has 2 aromatic carbocycles. The maximum absolute atomic E-state index is 4.76. The summed E-state index contributed by atoms with van der Waals surface area (Å²) in [6, 6.07) is 23.2. The predicted octanol–water partition coefficient (Wildman–Crippen LogP) is 4.26. The van der Waals surface area contributed by atoms with E-state index in [1.165, 1.54) is 10.9 Å². The standard InChI is InChI=1S/C19H20N2/c1-2-21(14-16-8-4-3-5-9-16)15-18-13-12-17-10-6-7-11-19(17)20-18/h3-13H,2,14-15H2,1H3. The van der Waals surface area contributed by atoms with Crippen molar-refractivity contribution in [3.05, 3.63) is 78.0 Å². The van der Waals surface area contributed by atoms with Crippen LogP contribution in [0, 0.1) is 0 Å². The summed E-state index contributed by atoms with van der Waals surface area (Å²) >= 11 is 0. The van der Waals surface area contributed by atoms with Gasteiger partial charge in [0.25, 0.3) is 0 Å². The molecule has 0 radical (unpaired) electrons. The minimum atomic E-state index is 0.885. The van der Waals surface area contributed by atoms with Crippen LogP contribution >= 0.6 is 0 Å². The Morgan fingerprint density at radius 1 is 0.810 bits per heavy atom.